The number of halogens is 1. The van der Waals surface area contributed by atoms with Gasteiger partial charge in [0.15, 0.2) is 0 Å². The quantitative estimate of drug-likeness (QED) is 0.717. The van der Waals surface area contributed by atoms with Crippen LogP contribution in [0.25, 0.3) is 0 Å². The van der Waals surface area contributed by atoms with E-state index >= 15 is 0 Å². The van der Waals surface area contributed by atoms with Crippen molar-refractivity contribution in [3.05, 3.63) is 24.3 Å². The molecule has 1 aromatic rings. The van der Waals surface area contributed by atoms with Crippen molar-refractivity contribution >= 4 is 11.7 Å². The van der Waals surface area contributed by atoms with Crippen molar-refractivity contribution in [3.63, 3.8) is 0 Å². The van der Waals surface area contributed by atoms with Crippen LogP contribution in [0.4, 0.5) is 14.9 Å². The second kappa shape index (κ2) is 4.25. The van der Waals surface area contributed by atoms with Gasteiger partial charge in [-0.25, -0.2) is 9.78 Å². The van der Waals surface area contributed by atoms with Crippen molar-refractivity contribution in [2.45, 2.75) is 12.8 Å². The zero-order valence-electron chi connectivity index (χ0n) is 8.24. The summed E-state index contributed by atoms with van der Waals surface area (Å²) in [4.78, 5) is 16.8. The summed E-state index contributed by atoms with van der Waals surface area (Å²) < 4.78 is 12.5. The molecule has 2 heterocycles. The van der Waals surface area contributed by atoms with Gasteiger partial charge in [-0.05, 0) is 25.0 Å². The van der Waals surface area contributed by atoms with E-state index in [0.717, 1.165) is 25.9 Å². The number of pyridine rings is 1. The molecule has 1 aromatic heterocycles. The highest BCUT2D eigenvalue weighted by Gasteiger charge is 2.17. The van der Waals surface area contributed by atoms with Crippen LogP contribution in [0.15, 0.2) is 18.3 Å². The molecule has 4 nitrogen and oxygen atoms in total. The molecule has 1 N–H and O–H groups in total. The van der Waals surface area contributed by atoms with Gasteiger partial charge in [0, 0.05) is 13.1 Å². The van der Waals surface area contributed by atoms with Gasteiger partial charge in [0.1, 0.15) is 0 Å². The largest absolute Gasteiger partial charge is 0.325 e. The summed E-state index contributed by atoms with van der Waals surface area (Å²) in [6.07, 6.45) is 3.41. The third kappa shape index (κ3) is 2.43. The molecule has 0 atom stereocenters. The van der Waals surface area contributed by atoms with E-state index in [-0.39, 0.29) is 6.03 Å². The van der Waals surface area contributed by atoms with Crippen molar-refractivity contribution in [2.24, 2.45) is 0 Å². The van der Waals surface area contributed by atoms with Crippen molar-refractivity contribution in [1.29, 1.82) is 0 Å². The van der Waals surface area contributed by atoms with Crippen LogP contribution in [-0.4, -0.2) is 29.0 Å². The van der Waals surface area contributed by atoms with Gasteiger partial charge in [0.25, 0.3) is 0 Å². The van der Waals surface area contributed by atoms with E-state index in [1.54, 1.807) is 4.90 Å². The van der Waals surface area contributed by atoms with E-state index in [0.29, 0.717) is 5.69 Å². The second-order valence-corrected chi connectivity index (χ2v) is 3.49. The molecule has 5 heteroatoms. The van der Waals surface area contributed by atoms with Crippen molar-refractivity contribution in [1.82, 2.24) is 9.88 Å². The highest BCUT2D eigenvalue weighted by atomic mass is 19.1. The number of hydrogen-bond donors (Lipinski definition) is 1. The SMILES string of the molecule is O=C(Nc1ccc(F)nc1)N1CCCC1. The number of urea groups is 1. The number of nitrogens with one attached hydrogen (secondary N) is 1. The lowest BCUT2D eigenvalue weighted by Crippen LogP contribution is -2.32. The van der Waals surface area contributed by atoms with Crippen molar-refractivity contribution in [3.8, 4) is 0 Å². The molecule has 15 heavy (non-hydrogen) atoms. The van der Waals surface area contributed by atoms with Crippen molar-refractivity contribution in [2.75, 3.05) is 18.4 Å². The first-order chi connectivity index (χ1) is 7.25. The van der Waals surface area contributed by atoms with Gasteiger partial charge in [-0.1, -0.05) is 0 Å². The summed E-state index contributed by atoms with van der Waals surface area (Å²) in [5.41, 5.74) is 0.522. The molecular formula is C10H12FN3O. The van der Waals surface area contributed by atoms with E-state index in [1.165, 1.54) is 18.3 Å². The number of amides is 2. The predicted molar refractivity (Wildman–Crippen MR) is 54.0 cm³/mol. The lowest BCUT2D eigenvalue weighted by molar-refractivity contribution is 0.222. The molecule has 1 fully saturated rings. The predicted octanol–water partition coefficient (Wildman–Crippen LogP) is 1.85. The minimum absolute atomic E-state index is 0.138. The van der Waals surface area contributed by atoms with Crippen LogP contribution in [0.1, 0.15) is 12.8 Å². The number of nitrogens with zero attached hydrogens (tertiary/aromatic N) is 2. The lowest BCUT2D eigenvalue weighted by Gasteiger charge is -2.15. The summed E-state index contributed by atoms with van der Waals surface area (Å²) in [6, 6.07) is 2.58. The third-order valence-electron chi connectivity index (χ3n) is 2.37. The second-order valence-electron chi connectivity index (χ2n) is 3.49. The Morgan fingerprint density at radius 1 is 1.40 bits per heavy atom. The van der Waals surface area contributed by atoms with Gasteiger partial charge in [-0.3, -0.25) is 0 Å². The number of rotatable bonds is 1. The Kier molecular flexibility index (Phi) is 2.80. The van der Waals surface area contributed by atoms with Crippen LogP contribution >= 0.6 is 0 Å². The third-order valence-corrected chi connectivity index (χ3v) is 2.37. The minimum atomic E-state index is -0.547. The van der Waals surface area contributed by atoms with Crippen LogP contribution < -0.4 is 5.32 Å². The fourth-order valence-corrected chi connectivity index (χ4v) is 1.57. The average molecular weight is 209 g/mol. The van der Waals surface area contributed by atoms with Crippen LogP contribution in [0.2, 0.25) is 0 Å². The summed E-state index contributed by atoms with van der Waals surface area (Å²) in [6.45, 7) is 1.58. The summed E-state index contributed by atoms with van der Waals surface area (Å²) >= 11 is 0. The van der Waals surface area contributed by atoms with Gasteiger partial charge in [-0.2, -0.15) is 4.39 Å². The van der Waals surface area contributed by atoms with Crippen LogP contribution in [0.3, 0.4) is 0 Å². The molecule has 0 saturated carbocycles. The van der Waals surface area contributed by atoms with E-state index in [4.69, 9.17) is 0 Å². The fraction of sp³-hybridized carbons (Fsp3) is 0.400. The first kappa shape index (κ1) is 9.89. The zero-order valence-corrected chi connectivity index (χ0v) is 8.24. The molecule has 1 saturated heterocycles. The topological polar surface area (TPSA) is 45.2 Å². The molecule has 0 radical (unpaired) electrons. The molecule has 2 amide bonds. The summed E-state index contributed by atoms with van der Waals surface area (Å²) in [7, 11) is 0. The first-order valence-electron chi connectivity index (χ1n) is 4.93. The Labute approximate surface area is 87.1 Å². The molecule has 0 aliphatic carbocycles. The highest BCUT2D eigenvalue weighted by molar-refractivity contribution is 5.89. The molecule has 1 aliphatic heterocycles. The molecule has 1 aliphatic rings. The molecular weight excluding hydrogens is 197 g/mol. The molecule has 0 spiro atoms. The maximum Gasteiger partial charge on any atom is 0.321 e. The van der Waals surface area contributed by atoms with E-state index in [9.17, 15) is 9.18 Å². The molecule has 2 rings (SSSR count). The Morgan fingerprint density at radius 3 is 2.73 bits per heavy atom. The molecule has 80 valence electrons. The average Bonchev–Trinajstić information content (AvgIpc) is 2.74. The zero-order chi connectivity index (χ0) is 10.7. The maximum atomic E-state index is 12.5. The Morgan fingerprint density at radius 2 is 2.13 bits per heavy atom. The lowest BCUT2D eigenvalue weighted by atomic mass is 10.4. The van der Waals surface area contributed by atoms with Gasteiger partial charge in [-0.15, -0.1) is 0 Å². The van der Waals surface area contributed by atoms with Crippen LogP contribution in [0.5, 0.6) is 0 Å². The van der Waals surface area contributed by atoms with Gasteiger partial charge >= 0.3 is 6.03 Å². The minimum Gasteiger partial charge on any atom is -0.325 e. The Balaban J connectivity index is 1.96. The summed E-state index contributed by atoms with van der Waals surface area (Å²) in [5.74, 6) is -0.547. The number of carbonyl (C=O) groups is 1. The molecule has 0 aromatic carbocycles. The van der Waals surface area contributed by atoms with E-state index in [1.807, 2.05) is 0 Å². The van der Waals surface area contributed by atoms with Gasteiger partial charge < -0.3 is 10.2 Å². The number of hydrogen-bond acceptors (Lipinski definition) is 2. The van der Waals surface area contributed by atoms with E-state index < -0.39 is 5.95 Å². The van der Waals surface area contributed by atoms with E-state index in [2.05, 4.69) is 10.3 Å². The number of likely N-dealkylation sites (tertiary alicyclic amines) is 1. The number of carbonyl (C=O) groups excluding carboxylic acids is 1. The van der Waals surface area contributed by atoms with Gasteiger partial charge in [0.2, 0.25) is 5.95 Å². The maximum absolute atomic E-state index is 12.5. The van der Waals surface area contributed by atoms with Gasteiger partial charge in [0.05, 0.1) is 11.9 Å². The monoisotopic (exact) mass is 209 g/mol. The normalized spacial score (nSPS) is 15.4. The number of aromatic nitrogens is 1. The number of anilines is 1. The van der Waals surface area contributed by atoms with Crippen LogP contribution in [-0.2, 0) is 0 Å². The smallest absolute Gasteiger partial charge is 0.321 e. The van der Waals surface area contributed by atoms with Crippen molar-refractivity contribution < 1.29 is 9.18 Å². The fourth-order valence-electron chi connectivity index (χ4n) is 1.57. The van der Waals surface area contributed by atoms with Crippen LogP contribution in [0, 0.1) is 5.95 Å². The summed E-state index contributed by atoms with van der Waals surface area (Å²) in [5, 5.41) is 2.67. The Hall–Kier alpha value is -1.65. The Bertz CT molecular complexity index is 346. The first-order valence-corrected chi connectivity index (χ1v) is 4.93. The highest BCUT2D eigenvalue weighted by Crippen LogP contribution is 2.11. The molecule has 0 unspecified atom stereocenters. The standard InChI is InChI=1S/C10H12FN3O/c11-9-4-3-8(7-12-9)13-10(15)14-5-1-2-6-14/h3-4,7H,1-2,5-6H2,(H,13,15). The molecule has 0 bridgehead atoms.